The van der Waals surface area contributed by atoms with E-state index in [0.29, 0.717) is 37.7 Å². The highest BCUT2D eigenvalue weighted by molar-refractivity contribution is 5.93. The Morgan fingerprint density at radius 3 is 2.45 bits per heavy atom. The number of rotatable bonds is 6. The van der Waals surface area contributed by atoms with Gasteiger partial charge in [0.1, 0.15) is 5.75 Å². The van der Waals surface area contributed by atoms with Crippen molar-refractivity contribution in [3.05, 3.63) is 53.6 Å². The van der Waals surface area contributed by atoms with Crippen molar-refractivity contribution >= 4 is 17.3 Å². The molecule has 1 N–H and O–H groups in total. The van der Waals surface area contributed by atoms with Gasteiger partial charge in [0.05, 0.1) is 24.5 Å². The number of morpholine rings is 1. The number of nitrogens with zero attached hydrogens (tertiary/aromatic N) is 1. The van der Waals surface area contributed by atoms with Gasteiger partial charge in [-0.15, -0.1) is 0 Å². The predicted octanol–water partition coefficient (Wildman–Crippen LogP) is 4.12. The van der Waals surface area contributed by atoms with Gasteiger partial charge in [0.25, 0.3) is 5.91 Å². The van der Waals surface area contributed by atoms with E-state index in [2.05, 4.69) is 5.32 Å². The Balaban J connectivity index is 1.68. The van der Waals surface area contributed by atoms with Gasteiger partial charge in [-0.3, -0.25) is 4.79 Å². The average Bonchev–Trinajstić information content (AvgIpc) is 2.73. The van der Waals surface area contributed by atoms with Crippen molar-refractivity contribution in [3.8, 4) is 5.75 Å². The van der Waals surface area contributed by atoms with E-state index < -0.39 is 17.6 Å². The maximum absolute atomic E-state index is 13.5. The summed E-state index contributed by atoms with van der Waals surface area (Å²) in [4.78, 5) is 14.0. The van der Waals surface area contributed by atoms with E-state index in [1.807, 2.05) is 24.0 Å². The first-order chi connectivity index (χ1) is 13.9. The molecule has 5 nitrogen and oxygen atoms in total. The summed E-state index contributed by atoms with van der Waals surface area (Å²) in [6, 6.07) is 11.1. The molecular weight excluding hydrogens is 385 g/mol. The number of amides is 1. The third-order valence-corrected chi connectivity index (χ3v) is 4.66. The van der Waals surface area contributed by atoms with Gasteiger partial charge in [-0.25, -0.2) is 0 Å². The number of benzene rings is 2. The Bertz CT molecular complexity index is 832. The molecule has 0 aromatic heterocycles. The maximum atomic E-state index is 13.5. The zero-order valence-corrected chi connectivity index (χ0v) is 16.1. The van der Waals surface area contributed by atoms with Crippen LogP contribution in [0, 0.1) is 0 Å². The van der Waals surface area contributed by atoms with Gasteiger partial charge >= 0.3 is 6.18 Å². The number of anilines is 2. The van der Waals surface area contributed by atoms with Crippen molar-refractivity contribution in [1.29, 1.82) is 0 Å². The van der Waals surface area contributed by atoms with Crippen molar-refractivity contribution in [2.45, 2.75) is 19.5 Å². The lowest BCUT2D eigenvalue weighted by atomic mass is 10.1. The fourth-order valence-electron chi connectivity index (χ4n) is 3.05. The predicted molar refractivity (Wildman–Crippen MR) is 104 cm³/mol. The Morgan fingerprint density at radius 1 is 1.14 bits per heavy atom. The largest absolute Gasteiger partial charge is 0.484 e. The molecule has 2 aromatic carbocycles. The summed E-state index contributed by atoms with van der Waals surface area (Å²) in [5.41, 5.74) is 0.398. The second-order valence-electron chi connectivity index (χ2n) is 6.66. The van der Waals surface area contributed by atoms with Crippen molar-refractivity contribution in [2.75, 3.05) is 43.1 Å². The summed E-state index contributed by atoms with van der Waals surface area (Å²) in [7, 11) is 0. The summed E-state index contributed by atoms with van der Waals surface area (Å²) in [6.45, 7) is 3.62. The number of ether oxygens (including phenoxy) is 2. The maximum Gasteiger partial charge on any atom is 0.418 e. The van der Waals surface area contributed by atoms with Gasteiger partial charge in [0.15, 0.2) is 6.61 Å². The van der Waals surface area contributed by atoms with E-state index in [9.17, 15) is 18.0 Å². The van der Waals surface area contributed by atoms with Gasteiger partial charge in [0.2, 0.25) is 0 Å². The number of aryl methyl sites for hydroxylation is 1. The Labute approximate surface area is 167 Å². The van der Waals surface area contributed by atoms with Crippen LogP contribution in [0.1, 0.15) is 18.1 Å². The van der Waals surface area contributed by atoms with Crippen LogP contribution < -0.4 is 15.0 Å². The van der Waals surface area contributed by atoms with E-state index in [-0.39, 0.29) is 12.3 Å². The van der Waals surface area contributed by atoms with E-state index in [1.54, 1.807) is 18.2 Å². The molecule has 0 atom stereocenters. The molecule has 29 heavy (non-hydrogen) atoms. The molecule has 0 saturated carbocycles. The minimum Gasteiger partial charge on any atom is -0.484 e. The first-order valence-electron chi connectivity index (χ1n) is 9.42. The minimum absolute atomic E-state index is 0.288. The minimum atomic E-state index is -4.60. The number of carbonyl (C=O) groups is 1. The topological polar surface area (TPSA) is 50.8 Å². The standard InChI is InChI=1S/C21H23F3N2O3/c1-2-15-3-6-17(7-4-15)29-14-20(27)25-19-8-5-16(13-18(19)21(22,23)24)26-9-11-28-12-10-26/h3-8,13H,2,9-12,14H2,1H3,(H,25,27). The Morgan fingerprint density at radius 2 is 1.83 bits per heavy atom. The summed E-state index contributed by atoms with van der Waals surface area (Å²) >= 11 is 0. The van der Waals surface area contributed by atoms with Crippen molar-refractivity contribution in [1.82, 2.24) is 0 Å². The average molecular weight is 408 g/mol. The van der Waals surface area contributed by atoms with Gasteiger partial charge < -0.3 is 19.7 Å². The van der Waals surface area contributed by atoms with Crippen LogP contribution in [0.5, 0.6) is 5.75 Å². The Hall–Kier alpha value is -2.74. The van der Waals surface area contributed by atoms with Crippen LogP contribution in [0.4, 0.5) is 24.5 Å². The molecule has 8 heteroatoms. The zero-order chi connectivity index (χ0) is 20.9. The number of halogens is 3. The lowest BCUT2D eigenvalue weighted by Crippen LogP contribution is -2.36. The van der Waals surface area contributed by atoms with Crippen molar-refractivity contribution in [3.63, 3.8) is 0 Å². The molecule has 1 amide bonds. The molecule has 1 fully saturated rings. The number of nitrogens with one attached hydrogen (secondary N) is 1. The van der Waals surface area contributed by atoms with E-state index in [4.69, 9.17) is 9.47 Å². The Kier molecular flexibility index (Phi) is 6.64. The third kappa shape index (κ3) is 5.63. The molecule has 0 spiro atoms. The number of carbonyl (C=O) groups excluding carboxylic acids is 1. The highest BCUT2D eigenvalue weighted by Crippen LogP contribution is 2.37. The van der Waals surface area contributed by atoms with Crippen LogP contribution in [0.3, 0.4) is 0 Å². The smallest absolute Gasteiger partial charge is 0.418 e. The molecule has 1 aliphatic heterocycles. The van der Waals surface area contributed by atoms with E-state index in [0.717, 1.165) is 18.1 Å². The molecule has 156 valence electrons. The summed E-state index contributed by atoms with van der Waals surface area (Å²) in [6.07, 6.45) is -3.72. The van der Waals surface area contributed by atoms with Gasteiger partial charge in [-0.05, 0) is 42.3 Å². The third-order valence-electron chi connectivity index (χ3n) is 4.66. The highest BCUT2D eigenvalue weighted by atomic mass is 19.4. The molecule has 0 aliphatic carbocycles. The van der Waals surface area contributed by atoms with Gasteiger partial charge in [-0.2, -0.15) is 13.2 Å². The number of hydrogen-bond acceptors (Lipinski definition) is 4. The van der Waals surface area contributed by atoms with E-state index in [1.165, 1.54) is 6.07 Å². The molecule has 3 rings (SSSR count). The zero-order valence-electron chi connectivity index (χ0n) is 16.1. The van der Waals surface area contributed by atoms with Crippen molar-refractivity contribution < 1.29 is 27.4 Å². The first-order valence-corrected chi connectivity index (χ1v) is 9.42. The monoisotopic (exact) mass is 408 g/mol. The number of hydrogen-bond donors (Lipinski definition) is 1. The summed E-state index contributed by atoms with van der Waals surface area (Å²) in [5, 5.41) is 2.31. The molecule has 0 unspecified atom stereocenters. The first kappa shape index (κ1) is 21.0. The van der Waals surface area contributed by atoms with Gasteiger partial charge in [0, 0.05) is 18.8 Å². The summed E-state index contributed by atoms with van der Waals surface area (Å²) < 4.78 is 51.2. The lowest BCUT2D eigenvalue weighted by molar-refractivity contribution is -0.137. The molecule has 1 aliphatic rings. The second kappa shape index (κ2) is 9.17. The fourth-order valence-corrected chi connectivity index (χ4v) is 3.05. The van der Waals surface area contributed by atoms with E-state index >= 15 is 0 Å². The van der Waals surface area contributed by atoms with Crippen LogP contribution >= 0.6 is 0 Å². The molecular formula is C21H23F3N2O3. The summed E-state index contributed by atoms with van der Waals surface area (Å²) in [5.74, 6) is -0.176. The highest BCUT2D eigenvalue weighted by Gasteiger charge is 2.35. The van der Waals surface area contributed by atoms with Crippen LogP contribution in [0.2, 0.25) is 0 Å². The van der Waals surface area contributed by atoms with Crippen LogP contribution in [0.15, 0.2) is 42.5 Å². The number of alkyl halides is 3. The molecule has 1 heterocycles. The van der Waals surface area contributed by atoms with Crippen LogP contribution in [-0.4, -0.2) is 38.8 Å². The van der Waals surface area contributed by atoms with Crippen molar-refractivity contribution in [2.24, 2.45) is 0 Å². The molecule has 0 bridgehead atoms. The quantitative estimate of drug-likeness (QED) is 0.781. The fraction of sp³-hybridized carbons (Fsp3) is 0.381. The molecule has 2 aromatic rings. The lowest BCUT2D eigenvalue weighted by Gasteiger charge is -2.29. The van der Waals surface area contributed by atoms with Crippen LogP contribution in [-0.2, 0) is 22.1 Å². The van der Waals surface area contributed by atoms with Gasteiger partial charge in [-0.1, -0.05) is 19.1 Å². The molecule has 1 saturated heterocycles. The SMILES string of the molecule is CCc1ccc(OCC(=O)Nc2ccc(N3CCOCC3)cc2C(F)(F)F)cc1. The second-order valence-corrected chi connectivity index (χ2v) is 6.66. The van der Waals surface area contributed by atoms with Crippen LogP contribution in [0.25, 0.3) is 0 Å². The normalized spacial score (nSPS) is 14.6. The molecule has 0 radical (unpaired) electrons.